The molecule has 0 fully saturated rings. The van der Waals surface area contributed by atoms with Crippen molar-refractivity contribution < 1.29 is 0 Å². The molecule has 1 aliphatic rings. The van der Waals surface area contributed by atoms with Crippen LogP contribution in [0.1, 0.15) is 68.0 Å². The summed E-state index contributed by atoms with van der Waals surface area (Å²) < 4.78 is 4.42. The third-order valence-electron chi connectivity index (χ3n) is 12.4. The van der Waals surface area contributed by atoms with Gasteiger partial charge in [-0.25, -0.2) is 9.67 Å². The molecule has 0 N–H and O–H groups in total. The number of nitrogens with zero attached hydrogens (tertiary/aromatic N) is 5. The number of anilines is 3. The predicted octanol–water partition coefficient (Wildman–Crippen LogP) is 14.0. The van der Waals surface area contributed by atoms with E-state index in [-0.39, 0.29) is 10.8 Å². The molecule has 0 unspecified atom stereocenters. The first-order valence-corrected chi connectivity index (χ1v) is 20.7. The Labute approximate surface area is 347 Å². The number of rotatable bonds is 5. The molecule has 5 nitrogen and oxygen atoms in total. The Hall–Kier alpha value is -6.72. The fourth-order valence-electron chi connectivity index (χ4n) is 9.55. The van der Waals surface area contributed by atoms with Crippen molar-refractivity contribution in [2.45, 2.75) is 66.2 Å². The number of aromatic nitrogens is 4. The van der Waals surface area contributed by atoms with Crippen molar-refractivity contribution >= 4 is 38.9 Å². The minimum Gasteiger partial charge on any atom is -0.310 e. The normalized spacial score (nSPS) is 13.5. The zero-order valence-corrected chi connectivity index (χ0v) is 35.2. The SMILES string of the molecule is Cc1cc(C)c(-c2nn(-c3ccc4c(c3)N(c3ccc5c6ccccc6n(-c6cc(C(C)(C)C)ccn6)c5c3)c3ccccc3C4(C)C)cc2-c2ccccc2)c(C)c1. The van der Waals surface area contributed by atoms with Gasteiger partial charge in [-0.05, 0) is 108 Å². The van der Waals surface area contributed by atoms with Gasteiger partial charge in [0.05, 0.1) is 28.1 Å². The lowest BCUT2D eigenvalue weighted by Crippen LogP contribution is -2.30. The van der Waals surface area contributed by atoms with Gasteiger partial charge >= 0.3 is 0 Å². The van der Waals surface area contributed by atoms with E-state index in [2.05, 4.69) is 215 Å². The predicted molar refractivity (Wildman–Crippen MR) is 246 cm³/mol. The van der Waals surface area contributed by atoms with Crippen molar-refractivity contribution in [3.05, 3.63) is 185 Å². The van der Waals surface area contributed by atoms with Crippen LogP contribution in [0.25, 0.3) is 55.7 Å². The van der Waals surface area contributed by atoms with E-state index < -0.39 is 0 Å². The number of para-hydroxylation sites is 2. The average molecular weight is 768 g/mol. The number of hydrogen-bond donors (Lipinski definition) is 0. The number of pyridine rings is 1. The van der Waals surface area contributed by atoms with Crippen LogP contribution in [0.2, 0.25) is 0 Å². The third-order valence-corrected chi connectivity index (χ3v) is 12.4. The Morgan fingerprint density at radius 2 is 1.27 bits per heavy atom. The fraction of sp³-hybridized carbons (Fsp3) is 0.185. The maximum absolute atomic E-state index is 5.43. The molecule has 5 heteroatoms. The Kier molecular flexibility index (Phi) is 8.33. The smallest absolute Gasteiger partial charge is 0.137 e. The van der Waals surface area contributed by atoms with Crippen molar-refractivity contribution in [1.29, 1.82) is 0 Å². The van der Waals surface area contributed by atoms with Crippen LogP contribution in [-0.4, -0.2) is 19.3 Å². The molecule has 0 saturated heterocycles. The zero-order valence-electron chi connectivity index (χ0n) is 35.2. The molecule has 0 bridgehead atoms. The number of hydrogen-bond acceptors (Lipinski definition) is 3. The second-order valence-corrected chi connectivity index (χ2v) is 17.9. The van der Waals surface area contributed by atoms with E-state index in [9.17, 15) is 0 Å². The molecule has 0 spiro atoms. The van der Waals surface area contributed by atoms with Gasteiger partial charge in [-0.3, -0.25) is 4.57 Å². The van der Waals surface area contributed by atoms with E-state index >= 15 is 0 Å². The highest BCUT2D eigenvalue weighted by atomic mass is 15.3. The molecule has 0 aliphatic carbocycles. The Balaban J connectivity index is 1.20. The molecule has 9 aromatic rings. The average Bonchev–Trinajstić information content (AvgIpc) is 3.80. The molecule has 1 aliphatic heterocycles. The molecular weight excluding hydrogens is 719 g/mol. The molecule has 4 heterocycles. The van der Waals surface area contributed by atoms with Crippen molar-refractivity contribution in [3.63, 3.8) is 0 Å². The standard InChI is InChI=1S/C54H49N5/c1-34-28-35(2)51(36(3)29-34)52-43(37-16-10-9-11-17-37)33-57(56-52)39-23-25-45-49(31-39)58(47-21-15-13-19-44(47)54(45,7)8)40-22-24-42-41-18-12-14-20-46(41)59(48(42)32-40)50-30-38(26-27-55-50)53(4,5)6/h9-33H,1-8H3. The third kappa shape index (κ3) is 5.90. The summed E-state index contributed by atoms with van der Waals surface area (Å²) in [5.41, 5.74) is 18.4. The van der Waals surface area contributed by atoms with Crippen molar-refractivity contribution in [2.75, 3.05) is 4.90 Å². The van der Waals surface area contributed by atoms with E-state index in [1.54, 1.807) is 0 Å². The van der Waals surface area contributed by atoms with Crippen LogP contribution < -0.4 is 4.90 Å². The highest BCUT2D eigenvalue weighted by Crippen LogP contribution is 2.53. The van der Waals surface area contributed by atoms with Gasteiger partial charge in [0.2, 0.25) is 0 Å². The lowest BCUT2D eigenvalue weighted by Gasteiger charge is -2.42. The van der Waals surface area contributed by atoms with Gasteiger partial charge in [0, 0.05) is 45.4 Å². The zero-order chi connectivity index (χ0) is 40.8. The fourth-order valence-corrected chi connectivity index (χ4v) is 9.55. The second kappa shape index (κ2) is 13.4. The van der Waals surface area contributed by atoms with E-state index in [0.29, 0.717) is 0 Å². The van der Waals surface area contributed by atoms with Gasteiger partial charge in [0.1, 0.15) is 11.5 Å². The molecule has 0 atom stereocenters. The summed E-state index contributed by atoms with van der Waals surface area (Å²) in [6.45, 7) is 18.0. The summed E-state index contributed by atoms with van der Waals surface area (Å²) in [6, 6.07) is 51.0. The molecule has 0 radical (unpaired) electrons. The van der Waals surface area contributed by atoms with Gasteiger partial charge in [-0.1, -0.05) is 131 Å². The van der Waals surface area contributed by atoms with Gasteiger partial charge in [-0.2, -0.15) is 5.10 Å². The maximum atomic E-state index is 5.43. The van der Waals surface area contributed by atoms with Crippen molar-refractivity contribution in [3.8, 4) is 33.9 Å². The summed E-state index contributed by atoms with van der Waals surface area (Å²) in [5.74, 6) is 0.923. The van der Waals surface area contributed by atoms with Crippen molar-refractivity contribution in [1.82, 2.24) is 19.3 Å². The van der Waals surface area contributed by atoms with Crippen LogP contribution in [0, 0.1) is 20.8 Å². The molecule has 6 aromatic carbocycles. The van der Waals surface area contributed by atoms with E-state index in [1.165, 1.54) is 55.4 Å². The van der Waals surface area contributed by atoms with E-state index in [1.807, 2.05) is 6.20 Å². The van der Waals surface area contributed by atoms with Crippen LogP contribution in [0.5, 0.6) is 0 Å². The number of aryl methyl sites for hydroxylation is 3. The van der Waals surface area contributed by atoms with Crippen LogP contribution >= 0.6 is 0 Å². The monoisotopic (exact) mass is 767 g/mol. The van der Waals surface area contributed by atoms with Crippen LogP contribution in [0.15, 0.2) is 152 Å². The molecular formula is C54H49N5. The summed E-state index contributed by atoms with van der Waals surface area (Å²) >= 11 is 0. The molecule has 3 aromatic heterocycles. The van der Waals surface area contributed by atoms with E-state index in [0.717, 1.165) is 50.7 Å². The highest BCUT2D eigenvalue weighted by molar-refractivity contribution is 6.10. The first-order valence-electron chi connectivity index (χ1n) is 20.7. The maximum Gasteiger partial charge on any atom is 0.137 e. The quantitative estimate of drug-likeness (QED) is 0.175. The topological polar surface area (TPSA) is 38.9 Å². The molecule has 0 saturated carbocycles. The minimum atomic E-state index is -0.238. The van der Waals surface area contributed by atoms with Gasteiger partial charge in [-0.15, -0.1) is 0 Å². The van der Waals surface area contributed by atoms with Gasteiger partial charge in [0.15, 0.2) is 0 Å². The number of fused-ring (bicyclic) bond motifs is 5. The number of benzene rings is 6. The molecule has 0 amide bonds. The molecule has 59 heavy (non-hydrogen) atoms. The largest absolute Gasteiger partial charge is 0.310 e. The second-order valence-electron chi connectivity index (χ2n) is 17.9. The summed E-state index contributed by atoms with van der Waals surface area (Å²) in [7, 11) is 0. The Bertz CT molecular complexity index is 3080. The molecule has 10 rings (SSSR count). The first kappa shape index (κ1) is 36.6. The molecule has 290 valence electrons. The summed E-state index contributed by atoms with van der Waals surface area (Å²) in [5, 5.41) is 7.84. The van der Waals surface area contributed by atoms with Gasteiger partial charge in [0.25, 0.3) is 0 Å². The first-order chi connectivity index (χ1) is 28.4. The van der Waals surface area contributed by atoms with E-state index in [4.69, 9.17) is 10.1 Å². The van der Waals surface area contributed by atoms with Crippen LogP contribution in [0.4, 0.5) is 17.1 Å². The van der Waals surface area contributed by atoms with Gasteiger partial charge < -0.3 is 4.90 Å². The van der Waals surface area contributed by atoms with Crippen LogP contribution in [0.3, 0.4) is 0 Å². The minimum absolute atomic E-state index is 0.0116. The Morgan fingerprint density at radius 1 is 0.593 bits per heavy atom. The van der Waals surface area contributed by atoms with Crippen LogP contribution in [-0.2, 0) is 10.8 Å². The Morgan fingerprint density at radius 3 is 2.05 bits per heavy atom. The highest BCUT2D eigenvalue weighted by Gasteiger charge is 2.37. The van der Waals surface area contributed by atoms with Crippen molar-refractivity contribution in [2.24, 2.45) is 0 Å². The summed E-state index contributed by atoms with van der Waals surface area (Å²) in [4.78, 5) is 7.44. The lowest BCUT2D eigenvalue weighted by atomic mass is 9.73. The lowest BCUT2D eigenvalue weighted by molar-refractivity contribution is 0.588. The summed E-state index contributed by atoms with van der Waals surface area (Å²) in [6.07, 6.45) is 4.16.